The minimum absolute atomic E-state index is 0.392. The predicted octanol–water partition coefficient (Wildman–Crippen LogP) is 3.14. The monoisotopic (exact) mass is 247 g/mol. The summed E-state index contributed by atoms with van der Waals surface area (Å²) < 4.78 is 0. The van der Waals surface area contributed by atoms with Gasteiger partial charge in [0.2, 0.25) is 0 Å². The molecule has 2 rings (SSSR count). The van der Waals surface area contributed by atoms with Crippen LogP contribution in [0.3, 0.4) is 0 Å². The molecule has 4 heteroatoms. The van der Waals surface area contributed by atoms with Crippen molar-refractivity contribution in [3.63, 3.8) is 0 Å². The summed E-state index contributed by atoms with van der Waals surface area (Å²) in [6, 6.07) is 8.56. The molecular formula is C13H17N3S. The van der Waals surface area contributed by atoms with Crippen molar-refractivity contribution in [2.75, 3.05) is 10.6 Å². The van der Waals surface area contributed by atoms with Crippen molar-refractivity contribution < 1.29 is 0 Å². The first-order valence-corrected chi connectivity index (χ1v) is 6.56. The van der Waals surface area contributed by atoms with Crippen LogP contribution in [0.2, 0.25) is 0 Å². The molecule has 0 aliphatic carbocycles. The first kappa shape index (κ1) is 11.9. The molecular weight excluding hydrogens is 230 g/mol. The highest BCUT2D eigenvalue weighted by Gasteiger charge is 2.14. The van der Waals surface area contributed by atoms with Crippen molar-refractivity contribution in [3.05, 3.63) is 40.7 Å². The van der Waals surface area contributed by atoms with E-state index in [0.29, 0.717) is 11.9 Å². The average Bonchev–Trinajstić information content (AvgIpc) is 2.79. The first-order chi connectivity index (χ1) is 8.18. The number of hydrogen-bond donors (Lipinski definition) is 1. The fraction of sp³-hybridized carbons (Fsp3) is 0.308. The Hall–Kier alpha value is -1.55. The number of nitrogen functional groups attached to an aromatic ring is 1. The zero-order chi connectivity index (χ0) is 12.3. The minimum Gasteiger partial charge on any atom is -0.382 e. The molecule has 17 heavy (non-hydrogen) atoms. The topological polar surface area (TPSA) is 42.2 Å². The highest BCUT2D eigenvalue weighted by Crippen LogP contribution is 2.25. The molecule has 0 aromatic carbocycles. The van der Waals surface area contributed by atoms with Crippen LogP contribution in [-0.4, -0.2) is 11.0 Å². The Balaban J connectivity index is 2.27. The number of hydrogen-bond acceptors (Lipinski definition) is 4. The summed E-state index contributed by atoms with van der Waals surface area (Å²) in [5, 5.41) is 2.10. The number of nitrogens with two attached hydrogens (primary N) is 1. The van der Waals surface area contributed by atoms with Gasteiger partial charge in [-0.1, -0.05) is 6.07 Å². The highest BCUT2D eigenvalue weighted by atomic mass is 32.1. The minimum atomic E-state index is 0.392. The summed E-state index contributed by atoms with van der Waals surface area (Å²) in [5.41, 5.74) is 6.95. The largest absolute Gasteiger partial charge is 0.382 e. The molecule has 2 aromatic heterocycles. The van der Waals surface area contributed by atoms with Gasteiger partial charge in [0.05, 0.1) is 12.2 Å². The Morgan fingerprint density at radius 1 is 1.35 bits per heavy atom. The van der Waals surface area contributed by atoms with Gasteiger partial charge in [-0.05, 0) is 37.4 Å². The van der Waals surface area contributed by atoms with Crippen LogP contribution in [0.5, 0.6) is 0 Å². The van der Waals surface area contributed by atoms with Gasteiger partial charge >= 0.3 is 0 Å². The molecule has 90 valence electrons. The molecule has 0 unspecified atom stereocenters. The van der Waals surface area contributed by atoms with Crippen LogP contribution in [0.1, 0.15) is 18.7 Å². The summed E-state index contributed by atoms with van der Waals surface area (Å²) >= 11 is 1.77. The van der Waals surface area contributed by atoms with Gasteiger partial charge in [-0.3, -0.25) is 0 Å². The van der Waals surface area contributed by atoms with E-state index in [1.54, 1.807) is 17.5 Å². The van der Waals surface area contributed by atoms with Crippen molar-refractivity contribution in [1.29, 1.82) is 0 Å². The zero-order valence-corrected chi connectivity index (χ0v) is 10.9. The summed E-state index contributed by atoms with van der Waals surface area (Å²) in [6.07, 6.45) is 1.72. The van der Waals surface area contributed by atoms with E-state index in [-0.39, 0.29) is 0 Å². The number of nitrogens with zero attached hydrogens (tertiary/aromatic N) is 2. The van der Waals surface area contributed by atoms with Crippen LogP contribution in [0, 0.1) is 0 Å². The van der Waals surface area contributed by atoms with Crippen LogP contribution in [-0.2, 0) is 6.54 Å². The number of pyridine rings is 1. The van der Waals surface area contributed by atoms with Crippen LogP contribution in [0.15, 0.2) is 35.8 Å². The maximum atomic E-state index is 5.94. The fourth-order valence-electron chi connectivity index (χ4n) is 1.77. The maximum Gasteiger partial charge on any atom is 0.146 e. The second-order valence-electron chi connectivity index (χ2n) is 4.21. The molecule has 0 aliphatic rings. The maximum absolute atomic E-state index is 5.94. The molecule has 0 fully saturated rings. The molecule has 0 bridgehead atoms. The second kappa shape index (κ2) is 5.19. The summed E-state index contributed by atoms with van der Waals surface area (Å²) in [4.78, 5) is 7.76. The van der Waals surface area contributed by atoms with Crippen LogP contribution < -0.4 is 10.6 Å². The molecule has 0 radical (unpaired) electrons. The Kier molecular flexibility index (Phi) is 3.64. The highest BCUT2D eigenvalue weighted by molar-refractivity contribution is 7.09. The molecule has 0 saturated heterocycles. The van der Waals surface area contributed by atoms with Crippen LogP contribution >= 0.6 is 11.3 Å². The third kappa shape index (κ3) is 2.77. The Morgan fingerprint density at radius 2 is 2.18 bits per heavy atom. The first-order valence-electron chi connectivity index (χ1n) is 5.68. The third-order valence-electron chi connectivity index (χ3n) is 2.66. The average molecular weight is 247 g/mol. The third-order valence-corrected chi connectivity index (χ3v) is 3.52. The Labute approximate surface area is 106 Å². The van der Waals surface area contributed by atoms with E-state index in [9.17, 15) is 0 Å². The van der Waals surface area contributed by atoms with E-state index in [4.69, 9.17) is 5.73 Å². The van der Waals surface area contributed by atoms with E-state index in [1.807, 2.05) is 12.1 Å². The summed E-state index contributed by atoms with van der Waals surface area (Å²) in [7, 11) is 0. The summed E-state index contributed by atoms with van der Waals surface area (Å²) in [5.74, 6) is 0.595. The fourth-order valence-corrected chi connectivity index (χ4v) is 2.47. The molecule has 0 atom stereocenters. The van der Waals surface area contributed by atoms with Crippen molar-refractivity contribution in [3.8, 4) is 0 Å². The molecule has 0 saturated carbocycles. The lowest BCUT2D eigenvalue weighted by Crippen LogP contribution is -2.30. The van der Waals surface area contributed by atoms with Gasteiger partial charge in [0.25, 0.3) is 0 Å². The zero-order valence-electron chi connectivity index (χ0n) is 10.1. The van der Waals surface area contributed by atoms with Crippen LogP contribution in [0.25, 0.3) is 0 Å². The molecule has 3 nitrogen and oxygen atoms in total. The molecule has 2 N–H and O–H groups in total. The summed E-state index contributed by atoms with van der Waals surface area (Å²) in [6.45, 7) is 5.21. The lowest BCUT2D eigenvalue weighted by atomic mass is 10.2. The smallest absolute Gasteiger partial charge is 0.146 e. The number of thiophene rings is 1. The quantitative estimate of drug-likeness (QED) is 0.902. The number of aromatic nitrogens is 1. The van der Waals surface area contributed by atoms with Crippen LogP contribution in [0.4, 0.5) is 11.5 Å². The van der Waals surface area contributed by atoms with Crippen molar-refractivity contribution in [2.24, 2.45) is 0 Å². The van der Waals surface area contributed by atoms with E-state index < -0.39 is 0 Å². The van der Waals surface area contributed by atoms with Gasteiger partial charge < -0.3 is 10.6 Å². The van der Waals surface area contributed by atoms with Gasteiger partial charge in [-0.15, -0.1) is 11.3 Å². The Morgan fingerprint density at radius 3 is 2.76 bits per heavy atom. The van der Waals surface area contributed by atoms with E-state index in [1.165, 1.54) is 4.88 Å². The molecule has 0 amide bonds. The number of rotatable bonds is 4. The predicted molar refractivity (Wildman–Crippen MR) is 74.3 cm³/mol. The normalized spacial score (nSPS) is 10.8. The van der Waals surface area contributed by atoms with Gasteiger partial charge in [-0.25, -0.2) is 4.98 Å². The molecule has 0 aliphatic heterocycles. The second-order valence-corrected chi connectivity index (χ2v) is 5.24. The number of anilines is 2. The van der Waals surface area contributed by atoms with Gasteiger partial charge in [-0.2, -0.15) is 0 Å². The van der Waals surface area contributed by atoms with Gasteiger partial charge in [0.15, 0.2) is 0 Å². The lowest BCUT2D eigenvalue weighted by Gasteiger charge is -2.29. The van der Waals surface area contributed by atoms with Gasteiger partial charge in [0.1, 0.15) is 5.82 Å². The lowest BCUT2D eigenvalue weighted by molar-refractivity contribution is 0.687. The Bertz CT molecular complexity index is 465. The SMILES string of the molecule is CC(C)N(Cc1cccs1)c1cccnc1N. The van der Waals surface area contributed by atoms with E-state index in [2.05, 4.69) is 41.2 Å². The van der Waals surface area contributed by atoms with Crippen molar-refractivity contribution in [1.82, 2.24) is 4.98 Å². The van der Waals surface area contributed by atoms with E-state index >= 15 is 0 Å². The molecule has 2 heterocycles. The molecule has 0 spiro atoms. The van der Waals surface area contributed by atoms with Crippen molar-refractivity contribution >= 4 is 22.8 Å². The van der Waals surface area contributed by atoms with Crippen molar-refractivity contribution in [2.45, 2.75) is 26.4 Å². The van der Waals surface area contributed by atoms with Gasteiger partial charge in [0, 0.05) is 17.1 Å². The molecule has 2 aromatic rings. The van der Waals surface area contributed by atoms with E-state index in [0.717, 1.165) is 12.2 Å². The standard InChI is InChI=1S/C13H17N3S/c1-10(2)16(9-11-5-4-8-17-11)12-6-3-7-15-13(12)14/h3-8,10H,9H2,1-2H3,(H2,14,15).